The van der Waals surface area contributed by atoms with Crippen molar-refractivity contribution in [1.82, 2.24) is 10.2 Å². The van der Waals surface area contributed by atoms with Gasteiger partial charge in [0.2, 0.25) is 0 Å². The summed E-state index contributed by atoms with van der Waals surface area (Å²) in [5.74, 6) is 0. The predicted octanol–water partition coefficient (Wildman–Crippen LogP) is -1.41. The minimum Gasteiger partial charge on any atom is -0.396 e. The maximum absolute atomic E-state index is 9.41. The summed E-state index contributed by atoms with van der Waals surface area (Å²) >= 11 is 0. The molecule has 4 nitrogen and oxygen atoms in total. The Hall–Kier alpha value is -0.160. The van der Waals surface area contributed by atoms with Crippen molar-refractivity contribution in [2.75, 3.05) is 32.8 Å². The van der Waals surface area contributed by atoms with E-state index in [1.165, 1.54) is 0 Å². The standard InChI is InChI=1S/C7H16N2O2/c10-6-1-7(11)9-4-2-8-3-5-9/h7-8,10-11H,1-6H2. The van der Waals surface area contributed by atoms with Crippen LogP contribution in [0.1, 0.15) is 6.42 Å². The summed E-state index contributed by atoms with van der Waals surface area (Å²) in [7, 11) is 0. The Balaban J connectivity index is 2.21. The van der Waals surface area contributed by atoms with E-state index < -0.39 is 6.23 Å². The van der Waals surface area contributed by atoms with Crippen molar-refractivity contribution in [3.8, 4) is 0 Å². The van der Waals surface area contributed by atoms with Crippen molar-refractivity contribution in [1.29, 1.82) is 0 Å². The quantitative estimate of drug-likeness (QED) is 0.475. The normalized spacial score (nSPS) is 23.5. The summed E-state index contributed by atoms with van der Waals surface area (Å²) in [6.45, 7) is 3.68. The fourth-order valence-electron chi connectivity index (χ4n) is 1.28. The van der Waals surface area contributed by atoms with E-state index in [1.54, 1.807) is 0 Å². The highest BCUT2D eigenvalue weighted by Crippen LogP contribution is 2.01. The molecule has 0 aromatic heterocycles. The molecule has 1 fully saturated rings. The van der Waals surface area contributed by atoms with Crippen LogP contribution in [0, 0.1) is 0 Å². The van der Waals surface area contributed by atoms with Gasteiger partial charge in [-0.2, -0.15) is 0 Å². The van der Waals surface area contributed by atoms with Gasteiger partial charge in [-0.05, 0) is 0 Å². The van der Waals surface area contributed by atoms with Crippen LogP contribution in [0.4, 0.5) is 0 Å². The minimum absolute atomic E-state index is 0.0606. The van der Waals surface area contributed by atoms with E-state index in [2.05, 4.69) is 5.32 Å². The number of hydrogen-bond donors (Lipinski definition) is 3. The summed E-state index contributed by atoms with van der Waals surface area (Å²) in [6.07, 6.45) is 0.00194. The van der Waals surface area contributed by atoms with Gasteiger partial charge in [-0.15, -0.1) is 0 Å². The monoisotopic (exact) mass is 160 g/mol. The average molecular weight is 160 g/mol. The van der Waals surface area contributed by atoms with Crippen LogP contribution in [0.3, 0.4) is 0 Å². The molecule has 1 saturated heterocycles. The molecule has 1 aliphatic rings. The largest absolute Gasteiger partial charge is 0.396 e. The molecule has 11 heavy (non-hydrogen) atoms. The molecule has 0 aromatic rings. The van der Waals surface area contributed by atoms with E-state index in [4.69, 9.17) is 5.11 Å². The summed E-state index contributed by atoms with van der Waals surface area (Å²) < 4.78 is 0. The van der Waals surface area contributed by atoms with Gasteiger partial charge in [0.1, 0.15) is 6.23 Å². The SMILES string of the molecule is OCCC(O)N1CCNCC1. The molecule has 1 atom stereocenters. The van der Waals surface area contributed by atoms with E-state index in [0.29, 0.717) is 6.42 Å². The van der Waals surface area contributed by atoms with Gasteiger partial charge in [0.15, 0.2) is 0 Å². The first-order chi connectivity index (χ1) is 5.34. The molecule has 1 heterocycles. The van der Waals surface area contributed by atoms with Crippen molar-refractivity contribution in [2.24, 2.45) is 0 Å². The molecule has 0 amide bonds. The molecule has 3 N–H and O–H groups in total. The Morgan fingerprint density at radius 2 is 2.00 bits per heavy atom. The molecule has 0 spiro atoms. The van der Waals surface area contributed by atoms with Gasteiger partial charge >= 0.3 is 0 Å². The van der Waals surface area contributed by atoms with Crippen LogP contribution in [-0.4, -0.2) is 54.1 Å². The molecule has 0 aromatic carbocycles. The Bertz CT molecular complexity index is 105. The third-order valence-electron chi connectivity index (χ3n) is 1.96. The first-order valence-corrected chi connectivity index (χ1v) is 4.08. The van der Waals surface area contributed by atoms with E-state index in [0.717, 1.165) is 26.2 Å². The summed E-state index contributed by atoms with van der Waals surface area (Å²) in [5, 5.41) is 21.2. The summed E-state index contributed by atoms with van der Waals surface area (Å²) in [6, 6.07) is 0. The number of rotatable bonds is 3. The van der Waals surface area contributed by atoms with Gasteiger partial charge < -0.3 is 15.5 Å². The number of nitrogens with one attached hydrogen (secondary N) is 1. The van der Waals surface area contributed by atoms with Crippen molar-refractivity contribution in [3.05, 3.63) is 0 Å². The molecule has 1 aliphatic heterocycles. The molecule has 0 bridgehead atoms. The lowest BCUT2D eigenvalue weighted by Gasteiger charge is -2.31. The third kappa shape index (κ3) is 2.75. The molecule has 1 rings (SSSR count). The Kier molecular flexibility index (Phi) is 3.79. The van der Waals surface area contributed by atoms with Crippen molar-refractivity contribution < 1.29 is 10.2 Å². The molecule has 0 aliphatic carbocycles. The zero-order valence-corrected chi connectivity index (χ0v) is 6.66. The van der Waals surface area contributed by atoms with E-state index in [-0.39, 0.29) is 6.61 Å². The maximum atomic E-state index is 9.41. The van der Waals surface area contributed by atoms with Crippen molar-refractivity contribution in [2.45, 2.75) is 12.6 Å². The first-order valence-electron chi connectivity index (χ1n) is 4.08. The van der Waals surface area contributed by atoms with Gasteiger partial charge in [0.05, 0.1) is 0 Å². The van der Waals surface area contributed by atoms with Gasteiger partial charge in [-0.3, -0.25) is 4.90 Å². The highest BCUT2D eigenvalue weighted by molar-refractivity contribution is 4.69. The first kappa shape index (κ1) is 8.93. The molecule has 0 saturated carbocycles. The van der Waals surface area contributed by atoms with Crippen LogP contribution in [0.5, 0.6) is 0 Å². The van der Waals surface area contributed by atoms with Crippen LogP contribution < -0.4 is 5.32 Å². The van der Waals surface area contributed by atoms with Crippen LogP contribution in [0.15, 0.2) is 0 Å². The second-order valence-corrected chi connectivity index (χ2v) is 2.78. The fraction of sp³-hybridized carbons (Fsp3) is 1.00. The number of aliphatic hydroxyl groups excluding tert-OH is 2. The van der Waals surface area contributed by atoms with Crippen LogP contribution in [-0.2, 0) is 0 Å². The molecular formula is C7H16N2O2. The van der Waals surface area contributed by atoms with Crippen LogP contribution >= 0.6 is 0 Å². The number of aliphatic hydroxyl groups is 2. The van der Waals surface area contributed by atoms with Crippen LogP contribution in [0.25, 0.3) is 0 Å². The van der Waals surface area contributed by atoms with E-state index in [1.807, 2.05) is 4.90 Å². The number of nitrogens with zero attached hydrogens (tertiary/aromatic N) is 1. The highest BCUT2D eigenvalue weighted by atomic mass is 16.3. The fourth-order valence-corrected chi connectivity index (χ4v) is 1.28. The zero-order chi connectivity index (χ0) is 8.10. The van der Waals surface area contributed by atoms with Gasteiger partial charge in [0.25, 0.3) is 0 Å². The average Bonchev–Trinajstić information content (AvgIpc) is 2.07. The van der Waals surface area contributed by atoms with Gasteiger partial charge in [-0.1, -0.05) is 0 Å². The molecule has 0 radical (unpaired) electrons. The van der Waals surface area contributed by atoms with Crippen molar-refractivity contribution >= 4 is 0 Å². The Labute approximate surface area is 66.8 Å². The molecule has 66 valence electrons. The topological polar surface area (TPSA) is 55.7 Å². The zero-order valence-electron chi connectivity index (χ0n) is 6.66. The second kappa shape index (κ2) is 4.66. The third-order valence-corrected chi connectivity index (χ3v) is 1.96. The summed E-state index contributed by atoms with van der Waals surface area (Å²) in [4.78, 5) is 1.98. The Morgan fingerprint density at radius 3 is 2.55 bits per heavy atom. The Morgan fingerprint density at radius 1 is 1.36 bits per heavy atom. The number of hydrogen-bond acceptors (Lipinski definition) is 4. The van der Waals surface area contributed by atoms with E-state index >= 15 is 0 Å². The predicted molar refractivity (Wildman–Crippen MR) is 42.2 cm³/mol. The lowest BCUT2D eigenvalue weighted by Crippen LogP contribution is -2.48. The molecule has 1 unspecified atom stereocenters. The van der Waals surface area contributed by atoms with Crippen molar-refractivity contribution in [3.63, 3.8) is 0 Å². The molecular weight excluding hydrogens is 144 g/mol. The lowest BCUT2D eigenvalue weighted by atomic mass is 10.3. The summed E-state index contributed by atoms with van der Waals surface area (Å²) in [5.41, 5.74) is 0. The number of piperazine rings is 1. The van der Waals surface area contributed by atoms with Crippen LogP contribution in [0.2, 0.25) is 0 Å². The van der Waals surface area contributed by atoms with Gasteiger partial charge in [-0.25, -0.2) is 0 Å². The second-order valence-electron chi connectivity index (χ2n) is 2.78. The minimum atomic E-state index is -0.456. The van der Waals surface area contributed by atoms with E-state index in [9.17, 15) is 5.11 Å². The molecule has 4 heteroatoms. The lowest BCUT2D eigenvalue weighted by molar-refractivity contribution is -0.0187. The highest BCUT2D eigenvalue weighted by Gasteiger charge is 2.16. The van der Waals surface area contributed by atoms with Gasteiger partial charge in [0, 0.05) is 39.2 Å². The maximum Gasteiger partial charge on any atom is 0.109 e. The smallest absolute Gasteiger partial charge is 0.109 e.